The van der Waals surface area contributed by atoms with Gasteiger partial charge in [0.1, 0.15) is 18.0 Å². The lowest BCUT2D eigenvalue weighted by molar-refractivity contribution is -0.121. The lowest BCUT2D eigenvalue weighted by Gasteiger charge is -2.21. The van der Waals surface area contributed by atoms with Gasteiger partial charge in [0.05, 0.1) is 24.8 Å². The number of nitrogens with zero attached hydrogens (tertiary/aromatic N) is 2. The van der Waals surface area contributed by atoms with Crippen LogP contribution in [0.25, 0.3) is 0 Å². The summed E-state index contributed by atoms with van der Waals surface area (Å²) in [5, 5.41) is 7.86. The molecule has 1 fully saturated rings. The van der Waals surface area contributed by atoms with E-state index in [0.717, 1.165) is 5.56 Å². The van der Waals surface area contributed by atoms with Crippen LogP contribution in [-0.2, 0) is 21.2 Å². The van der Waals surface area contributed by atoms with Crippen LogP contribution in [-0.4, -0.2) is 65.7 Å². The van der Waals surface area contributed by atoms with Crippen molar-refractivity contribution in [1.29, 1.82) is 0 Å². The molecule has 0 radical (unpaired) electrons. The van der Waals surface area contributed by atoms with Gasteiger partial charge in [-0.05, 0) is 36.2 Å². The van der Waals surface area contributed by atoms with Crippen molar-refractivity contribution in [3.05, 3.63) is 48.0 Å². The summed E-state index contributed by atoms with van der Waals surface area (Å²) < 4.78 is 33.2. The molecule has 2 aromatic rings. The number of nitrogens with two attached hydrogens (primary N) is 1. The lowest BCUT2D eigenvalue weighted by atomic mass is 10.1. The number of benzene rings is 2. The standard InChI is InChI=1S/C21H26N4O6S/c1-30-16-5-8-19(31-2)18(13-16)25-12-11-24(21(25)27)14-20(26)23-10-9-15-3-6-17(7-4-15)32(22,28)29/h3-8,13H,9-12,14H2,1-2H3,(H,23,26)(H2,22,28,29). The van der Waals surface area contributed by atoms with E-state index >= 15 is 0 Å². The number of nitrogens with one attached hydrogen (secondary N) is 1. The minimum absolute atomic E-state index is 0.0371. The topological polar surface area (TPSA) is 131 Å². The molecule has 1 saturated heterocycles. The normalized spacial score (nSPS) is 13.9. The SMILES string of the molecule is COc1ccc(OC)c(N2CCN(CC(=O)NCCc3ccc(S(N)(=O)=O)cc3)C2=O)c1. The van der Waals surface area contributed by atoms with E-state index in [-0.39, 0.29) is 23.4 Å². The van der Waals surface area contributed by atoms with E-state index < -0.39 is 10.0 Å². The van der Waals surface area contributed by atoms with Crippen LogP contribution >= 0.6 is 0 Å². The Bertz CT molecular complexity index is 1090. The zero-order valence-electron chi connectivity index (χ0n) is 17.9. The highest BCUT2D eigenvalue weighted by Crippen LogP contribution is 2.34. The molecule has 0 spiro atoms. The molecule has 0 aromatic heterocycles. The molecule has 32 heavy (non-hydrogen) atoms. The van der Waals surface area contributed by atoms with Gasteiger partial charge in [-0.1, -0.05) is 12.1 Å². The van der Waals surface area contributed by atoms with Crippen molar-refractivity contribution >= 4 is 27.6 Å². The predicted octanol–water partition coefficient (Wildman–Crippen LogP) is 0.952. The first-order chi connectivity index (χ1) is 15.2. The second-order valence-corrected chi connectivity index (χ2v) is 8.74. The second kappa shape index (κ2) is 9.88. The Labute approximate surface area is 186 Å². The first kappa shape index (κ1) is 23.4. The van der Waals surface area contributed by atoms with Crippen molar-refractivity contribution in [2.24, 2.45) is 5.14 Å². The molecule has 1 aliphatic rings. The fraction of sp³-hybridized carbons (Fsp3) is 0.333. The van der Waals surface area contributed by atoms with E-state index in [2.05, 4.69) is 5.32 Å². The number of amides is 3. The third kappa shape index (κ3) is 5.48. The molecule has 3 N–H and O–H groups in total. The molecule has 0 aliphatic carbocycles. The van der Waals surface area contributed by atoms with Crippen molar-refractivity contribution in [3.63, 3.8) is 0 Å². The van der Waals surface area contributed by atoms with Crippen molar-refractivity contribution in [3.8, 4) is 11.5 Å². The molecule has 0 atom stereocenters. The Hall–Kier alpha value is -3.31. The number of carbonyl (C=O) groups is 2. The molecule has 172 valence electrons. The largest absolute Gasteiger partial charge is 0.497 e. The summed E-state index contributed by atoms with van der Waals surface area (Å²) in [7, 11) is -0.660. The molecule has 0 unspecified atom stereocenters. The first-order valence-corrected chi connectivity index (χ1v) is 11.4. The summed E-state index contributed by atoms with van der Waals surface area (Å²) >= 11 is 0. The van der Waals surface area contributed by atoms with Crippen LogP contribution in [0.15, 0.2) is 47.4 Å². The molecular weight excluding hydrogens is 436 g/mol. The number of methoxy groups -OCH3 is 2. The van der Waals surface area contributed by atoms with Gasteiger partial charge < -0.3 is 19.7 Å². The molecule has 0 bridgehead atoms. The van der Waals surface area contributed by atoms with Crippen LogP contribution in [0.2, 0.25) is 0 Å². The van der Waals surface area contributed by atoms with Gasteiger partial charge in [-0.15, -0.1) is 0 Å². The van der Waals surface area contributed by atoms with Crippen LogP contribution < -0.4 is 24.8 Å². The van der Waals surface area contributed by atoms with Gasteiger partial charge in [0, 0.05) is 25.7 Å². The number of hydrogen-bond donors (Lipinski definition) is 2. The fourth-order valence-electron chi connectivity index (χ4n) is 3.38. The number of sulfonamides is 1. The van der Waals surface area contributed by atoms with Crippen LogP contribution in [0.1, 0.15) is 5.56 Å². The lowest BCUT2D eigenvalue weighted by Crippen LogP contribution is -2.40. The highest BCUT2D eigenvalue weighted by Gasteiger charge is 2.32. The van der Waals surface area contributed by atoms with Crippen molar-refractivity contribution < 1.29 is 27.5 Å². The smallest absolute Gasteiger partial charge is 0.325 e. The monoisotopic (exact) mass is 462 g/mol. The van der Waals surface area contributed by atoms with Gasteiger partial charge in [0.25, 0.3) is 0 Å². The zero-order valence-corrected chi connectivity index (χ0v) is 18.7. The van der Waals surface area contributed by atoms with E-state index in [9.17, 15) is 18.0 Å². The third-order valence-electron chi connectivity index (χ3n) is 5.09. The van der Waals surface area contributed by atoms with E-state index in [4.69, 9.17) is 14.6 Å². The number of anilines is 1. The maximum absolute atomic E-state index is 12.8. The molecule has 10 nitrogen and oxygen atoms in total. The summed E-state index contributed by atoms with van der Waals surface area (Å²) in [4.78, 5) is 28.2. The van der Waals surface area contributed by atoms with Crippen LogP contribution in [0.5, 0.6) is 11.5 Å². The van der Waals surface area contributed by atoms with Crippen molar-refractivity contribution in [2.75, 3.05) is 45.3 Å². The van der Waals surface area contributed by atoms with E-state index in [1.165, 1.54) is 24.1 Å². The van der Waals surface area contributed by atoms with E-state index in [0.29, 0.717) is 43.2 Å². The molecule has 11 heteroatoms. The first-order valence-electron chi connectivity index (χ1n) is 9.90. The predicted molar refractivity (Wildman–Crippen MR) is 118 cm³/mol. The second-order valence-electron chi connectivity index (χ2n) is 7.18. The number of urea groups is 1. The Morgan fingerprint density at radius 1 is 1.09 bits per heavy atom. The molecule has 1 heterocycles. The molecule has 2 aromatic carbocycles. The molecule has 3 rings (SSSR count). The summed E-state index contributed by atoms with van der Waals surface area (Å²) in [5.74, 6) is 0.861. The minimum Gasteiger partial charge on any atom is -0.497 e. The highest BCUT2D eigenvalue weighted by molar-refractivity contribution is 7.89. The zero-order chi connectivity index (χ0) is 23.3. The summed E-state index contributed by atoms with van der Waals surface area (Å²) in [5.41, 5.74) is 1.44. The van der Waals surface area contributed by atoms with Crippen LogP contribution in [0.3, 0.4) is 0 Å². The molecule has 1 aliphatic heterocycles. The maximum atomic E-state index is 12.8. The van der Waals surface area contributed by atoms with Crippen LogP contribution in [0.4, 0.5) is 10.5 Å². The quantitative estimate of drug-likeness (QED) is 0.570. The fourth-order valence-corrected chi connectivity index (χ4v) is 3.90. The Balaban J connectivity index is 1.53. The number of rotatable bonds is 9. The van der Waals surface area contributed by atoms with E-state index in [1.807, 2.05) is 0 Å². The Kier molecular flexibility index (Phi) is 7.21. The number of carbonyl (C=O) groups excluding carboxylic acids is 2. The average molecular weight is 463 g/mol. The average Bonchev–Trinajstić information content (AvgIpc) is 3.12. The van der Waals surface area contributed by atoms with Gasteiger partial charge in [-0.3, -0.25) is 9.69 Å². The minimum atomic E-state index is -3.73. The maximum Gasteiger partial charge on any atom is 0.325 e. The molecule has 0 saturated carbocycles. The highest BCUT2D eigenvalue weighted by atomic mass is 32.2. The molecular formula is C21H26N4O6S. The van der Waals surface area contributed by atoms with Gasteiger partial charge >= 0.3 is 6.03 Å². The van der Waals surface area contributed by atoms with Crippen molar-refractivity contribution in [2.45, 2.75) is 11.3 Å². The number of hydrogen-bond acceptors (Lipinski definition) is 6. The summed E-state index contributed by atoms with van der Waals surface area (Å²) in [6.07, 6.45) is 0.512. The van der Waals surface area contributed by atoms with Crippen LogP contribution in [0, 0.1) is 0 Å². The summed E-state index contributed by atoms with van der Waals surface area (Å²) in [6, 6.07) is 11.1. The van der Waals surface area contributed by atoms with Crippen molar-refractivity contribution in [1.82, 2.24) is 10.2 Å². The van der Waals surface area contributed by atoms with E-state index in [1.54, 1.807) is 42.3 Å². The number of ether oxygens (including phenoxy) is 2. The third-order valence-corrected chi connectivity index (χ3v) is 6.02. The molecule has 3 amide bonds. The number of primary sulfonamides is 1. The van der Waals surface area contributed by atoms with Gasteiger partial charge in [-0.2, -0.15) is 0 Å². The Morgan fingerprint density at radius 3 is 2.44 bits per heavy atom. The van der Waals surface area contributed by atoms with Gasteiger partial charge in [0.15, 0.2) is 0 Å². The van der Waals surface area contributed by atoms with Gasteiger partial charge in [0.2, 0.25) is 15.9 Å². The summed E-state index contributed by atoms with van der Waals surface area (Å²) in [6.45, 7) is 1.11. The Morgan fingerprint density at radius 2 is 1.81 bits per heavy atom. The van der Waals surface area contributed by atoms with Gasteiger partial charge in [-0.25, -0.2) is 18.4 Å².